The molecule has 0 bridgehead atoms. The molecular weight excluding hydrogens is 341 g/mol. The molecule has 128 valence electrons. The van der Waals surface area contributed by atoms with Crippen molar-refractivity contribution in [2.75, 3.05) is 6.54 Å². The van der Waals surface area contributed by atoms with Crippen LogP contribution in [0.4, 0.5) is 4.39 Å². The first kappa shape index (κ1) is 17.1. The molecule has 1 N–H and O–H groups in total. The number of nitrogens with zero attached hydrogens (tertiary/aromatic N) is 4. The number of benzene rings is 1. The number of carbonyl (C=O) groups excluding carboxylic acids is 1. The second-order valence-corrected chi connectivity index (χ2v) is 6.57. The third-order valence-electron chi connectivity index (χ3n) is 3.48. The minimum atomic E-state index is -0.327. The summed E-state index contributed by atoms with van der Waals surface area (Å²) in [7, 11) is 0. The van der Waals surface area contributed by atoms with Crippen LogP contribution in [-0.2, 0) is 4.79 Å². The van der Waals surface area contributed by atoms with Gasteiger partial charge in [-0.15, -0.1) is 6.58 Å². The van der Waals surface area contributed by atoms with Crippen molar-refractivity contribution >= 4 is 28.7 Å². The van der Waals surface area contributed by atoms with Crippen LogP contribution in [0, 0.1) is 5.82 Å². The summed E-state index contributed by atoms with van der Waals surface area (Å²) in [6.45, 7) is 5.81. The maximum atomic E-state index is 13.1. The van der Waals surface area contributed by atoms with Gasteiger partial charge in [-0.25, -0.2) is 19.0 Å². The molecule has 25 heavy (non-hydrogen) atoms. The summed E-state index contributed by atoms with van der Waals surface area (Å²) < 4.78 is 14.7. The van der Waals surface area contributed by atoms with Crippen molar-refractivity contribution in [1.29, 1.82) is 0 Å². The number of carbonyl (C=O) groups is 1. The predicted molar refractivity (Wildman–Crippen MR) is 95.1 cm³/mol. The molecule has 8 heteroatoms. The molecule has 3 aromatic rings. The molecule has 0 saturated heterocycles. The second-order valence-electron chi connectivity index (χ2n) is 5.24. The first-order valence-corrected chi connectivity index (χ1v) is 8.48. The Balaban J connectivity index is 1.89. The van der Waals surface area contributed by atoms with E-state index in [0.717, 1.165) is 5.39 Å². The molecule has 2 aromatic heterocycles. The van der Waals surface area contributed by atoms with Crippen LogP contribution in [0.2, 0.25) is 0 Å². The van der Waals surface area contributed by atoms with Crippen molar-refractivity contribution < 1.29 is 9.18 Å². The van der Waals surface area contributed by atoms with E-state index in [2.05, 4.69) is 27.0 Å². The second kappa shape index (κ2) is 7.43. The summed E-state index contributed by atoms with van der Waals surface area (Å²) in [6.07, 6.45) is 4.71. The van der Waals surface area contributed by atoms with Gasteiger partial charge in [0.05, 0.1) is 22.5 Å². The summed E-state index contributed by atoms with van der Waals surface area (Å²) >= 11 is 1.33. The van der Waals surface area contributed by atoms with E-state index in [9.17, 15) is 9.18 Å². The number of fused-ring (bicyclic) bond motifs is 1. The number of amides is 1. The number of thioether (sulfide) groups is 1. The highest BCUT2D eigenvalue weighted by Gasteiger charge is 2.18. The standard InChI is InChI=1S/C17H16FN5OS/c1-3-8-19-16(24)11(2)25-17-14-9-22-23(15(14)20-10-21-17)13-6-4-12(18)5-7-13/h3-7,9-11H,1,8H2,2H3,(H,19,24)/t11-/m1/s1. The van der Waals surface area contributed by atoms with Gasteiger partial charge in [0.25, 0.3) is 0 Å². The molecule has 1 amide bonds. The predicted octanol–water partition coefficient (Wildman–Crippen LogP) is 2.74. The van der Waals surface area contributed by atoms with Gasteiger partial charge in [0, 0.05) is 6.54 Å². The molecule has 0 aliphatic carbocycles. The van der Waals surface area contributed by atoms with E-state index in [-0.39, 0.29) is 17.0 Å². The number of halogens is 1. The average molecular weight is 357 g/mol. The molecule has 0 spiro atoms. The van der Waals surface area contributed by atoms with E-state index >= 15 is 0 Å². The largest absolute Gasteiger partial charge is 0.352 e. The van der Waals surface area contributed by atoms with Gasteiger partial charge < -0.3 is 5.32 Å². The number of nitrogens with one attached hydrogen (secondary N) is 1. The Labute approximate surface area is 148 Å². The van der Waals surface area contributed by atoms with Gasteiger partial charge in [0.1, 0.15) is 17.2 Å². The van der Waals surface area contributed by atoms with Crippen LogP contribution < -0.4 is 5.32 Å². The van der Waals surface area contributed by atoms with Gasteiger partial charge in [-0.05, 0) is 31.2 Å². The maximum absolute atomic E-state index is 13.1. The number of rotatable bonds is 6. The van der Waals surface area contributed by atoms with Crippen molar-refractivity contribution in [3.63, 3.8) is 0 Å². The lowest BCUT2D eigenvalue weighted by atomic mass is 10.3. The number of hydrogen-bond donors (Lipinski definition) is 1. The molecule has 0 fully saturated rings. The van der Waals surface area contributed by atoms with Gasteiger partial charge >= 0.3 is 0 Å². The van der Waals surface area contributed by atoms with Crippen LogP contribution in [0.3, 0.4) is 0 Å². The summed E-state index contributed by atoms with van der Waals surface area (Å²) in [4.78, 5) is 20.6. The summed E-state index contributed by atoms with van der Waals surface area (Å²) in [5, 5.41) is 8.16. The normalized spacial score (nSPS) is 12.1. The zero-order chi connectivity index (χ0) is 17.8. The van der Waals surface area contributed by atoms with Crippen LogP contribution >= 0.6 is 11.8 Å². The van der Waals surface area contributed by atoms with Crippen LogP contribution in [0.25, 0.3) is 16.7 Å². The van der Waals surface area contributed by atoms with Crippen LogP contribution in [0.5, 0.6) is 0 Å². The van der Waals surface area contributed by atoms with E-state index in [4.69, 9.17) is 0 Å². The highest BCUT2D eigenvalue weighted by atomic mass is 32.2. The monoisotopic (exact) mass is 357 g/mol. The quantitative estimate of drug-likeness (QED) is 0.417. The Morgan fingerprint density at radius 1 is 1.40 bits per heavy atom. The molecule has 6 nitrogen and oxygen atoms in total. The van der Waals surface area contributed by atoms with Crippen molar-refractivity contribution in [2.24, 2.45) is 0 Å². The zero-order valence-electron chi connectivity index (χ0n) is 13.5. The van der Waals surface area contributed by atoms with Gasteiger partial charge in [0.15, 0.2) is 5.65 Å². The third-order valence-corrected chi connectivity index (χ3v) is 4.59. The van der Waals surface area contributed by atoms with E-state index < -0.39 is 0 Å². The van der Waals surface area contributed by atoms with Gasteiger partial charge in [-0.3, -0.25) is 4.79 Å². The fourth-order valence-electron chi connectivity index (χ4n) is 2.23. The fraction of sp³-hybridized carbons (Fsp3) is 0.176. The van der Waals surface area contributed by atoms with Crippen LogP contribution in [0.15, 0.2) is 54.5 Å². The number of hydrogen-bond acceptors (Lipinski definition) is 5. The zero-order valence-corrected chi connectivity index (χ0v) is 14.3. The van der Waals surface area contributed by atoms with Gasteiger partial charge in [-0.2, -0.15) is 5.10 Å². The minimum Gasteiger partial charge on any atom is -0.352 e. The van der Waals surface area contributed by atoms with Crippen molar-refractivity contribution in [2.45, 2.75) is 17.2 Å². The van der Waals surface area contributed by atoms with Crippen molar-refractivity contribution in [3.05, 3.63) is 55.3 Å². The molecule has 3 rings (SSSR count). The highest BCUT2D eigenvalue weighted by molar-refractivity contribution is 8.00. The first-order valence-electron chi connectivity index (χ1n) is 7.60. The summed E-state index contributed by atoms with van der Waals surface area (Å²) in [5.74, 6) is -0.409. The Bertz CT molecular complexity index is 909. The highest BCUT2D eigenvalue weighted by Crippen LogP contribution is 2.28. The number of aromatic nitrogens is 4. The maximum Gasteiger partial charge on any atom is 0.233 e. The lowest BCUT2D eigenvalue weighted by Crippen LogP contribution is -2.30. The fourth-order valence-corrected chi connectivity index (χ4v) is 3.13. The topological polar surface area (TPSA) is 72.7 Å². The molecule has 0 radical (unpaired) electrons. The lowest BCUT2D eigenvalue weighted by Gasteiger charge is -2.10. The minimum absolute atomic E-state index is 0.0948. The summed E-state index contributed by atoms with van der Waals surface area (Å²) in [6, 6.07) is 5.99. The van der Waals surface area contributed by atoms with E-state index in [1.165, 1.54) is 30.2 Å². The molecule has 0 aliphatic rings. The Morgan fingerprint density at radius 2 is 2.16 bits per heavy atom. The molecule has 0 aliphatic heterocycles. The van der Waals surface area contributed by atoms with E-state index in [1.54, 1.807) is 36.0 Å². The Kier molecular flexibility index (Phi) is 5.08. The average Bonchev–Trinajstić information content (AvgIpc) is 3.05. The molecule has 1 atom stereocenters. The third kappa shape index (κ3) is 3.69. The molecule has 0 saturated carbocycles. The smallest absolute Gasteiger partial charge is 0.233 e. The van der Waals surface area contributed by atoms with Crippen LogP contribution in [-0.4, -0.2) is 37.5 Å². The SMILES string of the molecule is C=CCNC(=O)[C@@H](C)Sc1ncnc2c1cnn2-c1ccc(F)cc1. The molecule has 0 unspecified atom stereocenters. The molecular formula is C17H16FN5OS. The first-order chi connectivity index (χ1) is 12.1. The summed E-state index contributed by atoms with van der Waals surface area (Å²) in [5.41, 5.74) is 1.30. The van der Waals surface area contributed by atoms with Gasteiger partial charge in [-0.1, -0.05) is 17.8 Å². The molecule has 1 aromatic carbocycles. The molecule has 2 heterocycles. The lowest BCUT2D eigenvalue weighted by molar-refractivity contribution is -0.120. The Morgan fingerprint density at radius 3 is 2.88 bits per heavy atom. The van der Waals surface area contributed by atoms with Crippen molar-refractivity contribution in [1.82, 2.24) is 25.1 Å². The van der Waals surface area contributed by atoms with E-state index in [1.807, 2.05) is 0 Å². The van der Waals surface area contributed by atoms with Crippen LogP contribution in [0.1, 0.15) is 6.92 Å². The van der Waals surface area contributed by atoms with Crippen molar-refractivity contribution in [3.8, 4) is 5.69 Å². The van der Waals surface area contributed by atoms with Gasteiger partial charge in [0.2, 0.25) is 5.91 Å². The Hall–Kier alpha value is -2.74. The van der Waals surface area contributed by atoms with E-state index in [0.29, 0.717) is 22.9 Å².